The highest BCUT2D eigenvalue weighted by atomic mass is 32.2. The molecule has 0 atom stereocenters. The van der Waals surface area contributed by atoms with Gasteiger partial charge in [0, 0.05) is 29.6 Å². The van der Waals surface area contributed by atoms with E-state index in [4.69, 9.17) is 9.88 Å². The summed E-state index contributed by atoms with van der Waals surface area (Å²) in [6.07, 6.45) is 0.940. The molecule has 2 heterocycles. The first-order valence-electron chi connectivity index (χ1n) is 8.90. The van der Waals surface area contributed by atoms with Crippen molar-refractivity contribution in [2.24, 2.45) is 5.14 Å². The summed E-state index contributed by atoms with van der Waals surface area (Å²) >= 11 is 1.01. The van der Waals surface area contributed by atoms with E-state index in [1.807, 2.05) is 0 Å². The Morgan fingerprint density at radius 2 is 2.10 bits per heavy atom. The van der Waals surface area contributed by atoms with E-state index in [-0.39, 0.29) is 28.7 Å². The molecule has 0 radical (unpaired) electrons. The number of alkyl halides is 1. The normalized spacial score (nSPS) is 15.9. The van der Waals surface area contributed by atoms with Crippen molar-refractivity contribution in [2.75, 3.05) is 20.4 Å². The van der Waals surface area contributed by atoms with Crippen molar-refractivity contribution >= 4 is 32.6 Å². The summed E-state index contributed by atoms with van der Waals surface area (Å²) in [6.45, 7) is 1.46. The van der Waals surface area contributed by atoms with Crippen LogP contribution >= 0.6 is 11.5 Å². The molecule has 0 spiro atoms. The Hall–Kier alpha value is -2.15. The van der Waals surface area contributed by atoms with Crippen molar-refractivity contribution in [3.8, 4) is 5.13 Å². The quantitative estimate of drug-likeness (QED) is 0.589. The second-order valence-corrected chi connectivity index (χ2v) is 9.41. The van der Waals surface area contributed by atoms with E-state index in [0.717, 1.165) is 11.5 Å². The molecule has 0 aliphatic heterocycles. The lowest BCUT2D eigenvalue weighted by Gasteiger charge is -2.18. The molecule has 1 aliphatic carbocycles. The Bertz CT molecular complexity index is 1260. The summed E-state index contributed by atoms with van der Waals surface area (Å²) in [5.74, 6) is 0.477. The number of hydrogen-bond acceptors (Lipinski definition) is 7. The first-order chi connectivity index (χ1) is 13.7. The van der Waals surface area contributed by atoms with Crippen LogP contribution in [0, 0.1) is 6.92 Å². The Balaban J connectivity index is 2.18. The monoisotopic (exact) mass is 441 g/mol. The number of benzene rings is 1. The second kappa shape index (κ2) is 6.97. The van der Waals surface area contributed by atoms with E-state index in [1.54, 1.807) is 6.92 Å². The molecule has 0 saturated heterocycles. The van der Waals surface area contributed by atoms with Crippen molar-refractivity contribution in [2.45, 2.75) is 36.6 Å². The number of ether oxygens (including phenoxy) is 1. The van der Waals surface area contributed by atoms with Crippen molar-refractivity contribution in [3.63, 3.8) is 0 Å². The molecule has 4 rings (SSSR count). The predicted octanol–water partition coefficient (Wildman–Crippen LogP) is 1.25. The molecule has 1 fully saturated rings. The van der Waals surface area contributed by atoms with E-state index in [2.05, 4.69) is 9.36 Å². The average molecular weight is 442 g/mol. The van der Waals surface area contributed by atoms with E-state index in [9.17, 15) is 17.6 Å². The number of fused-ring (bicyclic) bond motifs is 1. The number of nitrogens with two attached hydrogens (primary N) is 1. The Labute approximate surface area is 170 Å². The number of primary sulfonamides is 1. The van der Waals surface area contributed by atoms with Gasteiger partial charge in [-0.15, -0.1) is 0 Å². The number of aryl methyl sites for hydroxylation is 1. The molecule has 3 aromatic rings. The SMILES string of the molecule is COCCn1c(=O)n(-c2nc(C)ns2)c2c(C3(CF)CC3)c(S(N)(=O)=O)ccc21. The third kappa shape index (κ3) is 3.19. The van der Waals surface area contributed by atoms with Gasteiger partial charge in [-0.05, 0) is 31.9 Å². The number of methoxy groups -OCH3 is 1. The standard InChI is InChI=1S/C17H20FN5O4S2/c1-10-20-15(28-21-10)23-14-11(22(16(23)24)7-8-27-2)3-4-12(29(19,25)26)13(14)17(9-18)5-6-17/h3-4H,5-9H2,1-2H3,(H2,19,25,26). The Morgan fingerprint density at radius 3 is 2.62 bits per heavy atom. The van der Waals surface area contributed by atoms with Crippen molar-refractivity contribution in [1.82, 2.24) is 18.5 Å². The van der Waals surface area contributed by atoms with Gasteiger partial charge in [0.2, 0.25) is 15.2 Å². The molecule has 29 heavy (non-hydrogen) atoms. The van der Waals surface area contributed by atoms with Gasteiger partial charge in [-0.2, -0.15) is 4.37 Å². The Morgan fingerprint density at radius 1 is 1.38 bits per heavy atom. The lowest BCUT2D eigenvalue weighted by molar-refractivity contribution is 0.187. The van der Waals surface area contributed by atoms with Crippen LogP contribution in [-0.4, -0.2) is 47.3 Å². The molecule has 2 N–H and O–H groups in total. The first-order valence-corrected chi connectivity index (χ1v) is 11.2. The maximum Gasteiger partial charge on any atom is 0.335 e. The molecule has 0 unspecified atom stereocenters. The average Bonchev–Trinajstić information content (AvgIpc) is 3.27. The van der Waals surface area contributed by atoms with Gasteiger partial charge in [0.15, 0.2) is 0 Å². The molecule has 0 amide bonds. The summed E-state index contributed by atoms with van der Waals surface area (Å²) < 4.78 is 50.8. The minimum atomic E-state index is -4.14. The molecule has 156 valence electrons. The topological polar surface area (TPSA) is 122 Å². The number of nitrogens with zero attached hydrogens (tertiary/aromatic N) is 4. The highest BCUT2D eigenvalue weighted by Crippen LogP contribution is 2.52. The molecule has 1 aliphatic rings. The molecular formula is C17H20FN5O4S2. The van der Waals surface area contributed by atoms with Crippen LogP contribution in [0.15, 0.2) is 21.8 Å². The smallest absolute Gasteiger partial charge is 0.335 e. The fourth-order valence-electron chi connectivity index (χ4n) is 3.63. The largest absolute Gasteiger partial charge is 0.383 e. The summed E-state index contributed by atoms with van der Waals surface area (Å²) in [5.41, 5.74) is -0.384. The van der Waals surface area contributed by atoms with Gasteiger partial charge >= 0.3 is 5.69 Å². The van der Waals surface area contributed by atoms with Crippen LogP contribution < -0.4 is 10.8 Å². The zero-order valence-electron chi connectivity index (χ0n) is 15.9. The number of imidazole rings is 1. The van der Waals surface area contributed by atoms with Crippen LogP contribution in [-0.2, 0) is 26.7 Å². The van der Waals surface area contributed by atoms with E-state index >= 15 is 0 Å². The van der Waals surface area contributed by atoms with Gasteiger partial charge in [-0.3, -0.25) is 8.96 Å². The van der Waals surface area contributed by atoms with Crippen LogP contribution in [0.4, 0.5) is 4.39 Å². The maximum absolute atomic E-state index is 14.1. The van der Waals surface area contributed by atoms with Crippen molar-refractivity contribution in [1.29, 1.82) is 0 Å². The number of aromatic nitrogens is 4. The molecule has 12 heteroatoms. The Kier molecular flexibility index (Phi) is 4.84. The fourth-order valence-corrected chi connectivity index (χ4v) is 5.16. The van der Waals surface area contributed by atoms with Crippen molar-refractivity contribution in [3.05, 3.63) is 34.0 Å². The lowest BCUT2D eigenvalue weighted by Crippen LogP contribution is -2.25. The van der Waals surface area contributed by atoms with Crippen molar-refractivity contribution < 1.29 is 17.5 Å². The fraction of sp³-hybridized carbons (Fsp3) is 0.471. The van der Waals surface area contributed by atoms with E-state index in [1.165, 1.54) is 28.4 Å². The third-order valence-corrected chi connectivity index (χ3v) is 6.97. The van der Waals surface area contributed by atoms with Gasteiger partial charge in [0.05, 0.1) is 35.8 Å². The van der Waals surface area contributed by atoms with Gasteiger partial charge < -0.3 is 4.74 Å². The summed E-state index contributed by atoms with van der Waals surface area (Å²) in [5, 5.41) is 5.74. The van der Waals surface area contributed by atoms with E-state index in [0.29, 0.717) is 29.7 Å². The first kappa shape index (κ1) is 20.1. The maximum atomic E-state index is 14.1. The highest BCUT2D eigenvalue weighted by Gasteiger charge is 2.49. The molecular weight excluding hydrogens is 421 g/mol. The summed E-state index contributed by atoms with van der Waals surface area (Å²) in [6, 6.07) is 2.87. The minimum Gasteiger partial charge on any atom is -0.383 e. The summed E-state index contributed by atoms with van der Waals surface area (Å²) in [4.78, 5) is 17.4. The number of sulfonamides is 1. The second-order valence-electron chi connectivity index (χ2n) is 7.15. The van der Waals surface area contributed by atoms with Crippen LogP contribution in [0.3, 0.4) is 0 Å². The lowest BCUT2D eigenvalue weighted by atomic mass is 9.95. The molecule has 2 aromatic heterocycles. The zero-order chi connectivity index (χ0) is 21.0. The predicted molar refractivity (Wildman–Crippen MR) is 106 cm³/mol. The zero-order valence-corrected chi connectivity index (χ0v) is 17.5. The van der Waals surface area contributed by atoms with Gasteiger partial charge in [0.25, 0.3) is 0 Å². The van der Waals surface area contributed by atoms with Crippen LogP contribution in [0.5, 0.6) is 0 Å². The van der Waals surface area contributed by atoms with Crippen LogP contribution in [0.25, 0.3) is 16.2 Å². The van der Waals surface area contributed by atoms with Gasteiger partial charge in [-0.25, -0.2) is 27.9 Å². The molecule has 0 bridgehead atoms. The van der Waals surface area contributed by atoms with Gasteiger partial charge in [-0.1, -0.05) is 0 Å². The summed E-state index contributed by atoms with van der Waals surface area (Å²) in [7, 11) is -2.62. The third-order valence-electron chi connectivity index (χ3n) is 5.23. The highest BCUT2D eigenvalue weighted by molar-refractivity contribution is 7.89. The molecule has 1 aromatic carbocycles. The number of hydrogen-bond donors (Lipinski definition) is 1. The van der Waals surface area contributed by atoms with Crippen LogP contribution in [0.1, 0.15) is 24.2 Å². The number of halogens is 1. The van der Waals surface area contributed by atoms with Crippen LogP contribution in [0.2, 0.25) is 0 Å². The van der Waals surface area contributed by atoms with E-state index < -0.39 is 27.8 Å². The minimum absolute atomic E-state index is 0.168. The molecule has 9 nitrogen and oxygen atoms in total. The van der Waals surface area contributed by atoms with Gasteiger partial charge in [0.1, 0.15) is 5.82 Å². The number of rotatable bonds is 7. The molecule has 1 saturated carbocycles.